The Morgan fingerprint density at radius 2 is 1.81 bits per heavy atom. The molecule has 0 amide bonds. The fraction of sp³-hybridized carbons (Fsp3) is 0.385. The minimum Gasteiger partial charge on any atom is -0.462 e. The number of nitrogens with one attached hydrogen (secondary N) is 1. The van der Waals surface area contributed by atoms with E-state index in [1.165, 1.54) is 17.8 Å². The summed E-state index contributed by atoms with van der Waals surface area (Å²) in [6.45, 7) is 8.83. The summed E-state index contributed by atoms with van der Waals surface area (Å²) >= 11 is 1.35. The number of halogens is 1. The molecular weight excluding hydrogens is 493 g/mol. The number of pyridine rings is 1. The molecule has 0 saturated carbocycles. The molecule has 0 saturated heterocycles. The van der Waals surface area contributed by atoms with Crippen molar-refractivity contribution in [2.75, 3.05) is 43.6 Å². The summed E-state index contributed by atoms with van der Waals surface area (Å²) < 4.78 is 19.1. The van der Waals surface area contributed by atoms with Gasteiger partial charge in [-0.1, -0.05) is 11.8 Å². The average molecular weight is 530 g/mol. The molecule has 1 atom stereocenters. The predicted molar refractivity (Wildman–Crippen MR) is 148 cm³/mol. The van der Waals surface area contributed by atoms with Crippen LogP contribution in [0, 0.1) is 5.82 Å². The van der Waals surface area contributed by atoms with E-state index in [0.29, 0.717) is 34.7 Å². The molecule has 11 heteroatoms. The van der Waals surface area contributed by atoms with Crippen LogP contribution in [0.15, 0.2) is 58.6 Å². The lowest BCUT2D eigenvalue weighted by Gasteiger charge is -2.27. The molecule has 0 aliphatic rings. The Kier molecular flexibility index (Phi) is 11.1. The minimum atomic E-state index is -0.319. The number of anilines is 4. The van der Waals surface area contributed by atoms with E-state index in [2.05, 4.69) is 36.8 Å². The summed E-state index contributed by atoms with van der Waals surface area (Å²) in [6.07, 6.45) is 3.37. The molecule has 0 radical (unpaired) electrons. The molecule has 1 unspecified atom stereocenters. The van der Waals surface area contributed by atoms with Crippen LogP contribution >= 0.6 is 11.8 Å². The summed E-state index contributed by atoms with van der Waals surface area (Å²) in [4.78, 5) is 27.7. The molecule has 0 spiro atoms. The fourth-order valence-corrected chi connectivity index (χ4v) is 3.66. The van der Waals surface area contributed by atoms with Gasteiger partial charge in [-0.25, -0.2) is 4.39 Å². The van der Waals surface area contributed by atoms with E-state index in [1.54, 1.807) is 24.5 Å². The number of likely N-dealkylation sites (N-methyl/N-ethyl adjacent to an activating group) is 2. The number of hydrogen-bond donors (Lipinski definition) is 2. The van der Waals surface area contributed by atoms with Crippen LogP contribution in [0.25, 0.3) is 0 Å². The lowest BCUT2D eigenvalue weighted by molar-refractivity contribution is -0.138. The highest BCUT2D eigenvalue weighted by molar-refractivity contribution is 7.99. The van der Waals surface area contributed by atoms with Gasteiger partial charge in [0.1, 0.15) is 23.1 Å². The molecule has 200 valence electrons. The van der Waals surface area contributed by atoms with Crippen molar-refractivity contribution in [3.05, 3.63) is 54.6 Å². The van der Waals surface area contributed by atoms with Crippen LogP contribution in [0.3, 0.4) is 0 Å². The number of ether oxygens (including phenoxy) is 1. The molecule has 3 rings (SSSR count). The molecule has 3 aromatic rings. The van der Waals surface area contributed by atoms with Crippen LogP contribution in [-0.2, 0) is 9.53 Å². The van der Waals surface area contributed by atoms with Crippen LogP contribution < -0.4 is 16.0 Å². The third kappa shape index (κ3) is 10.6. The van der Waals surface area contributed by atoms with Gasteiger partial charge in [-0.05, 0) is 72.1 Å². The van der Waals surface area contributed by atoms with E-state index in [0.717, 1.165) is 11.4 Å². The number of nitrogens with two attached hydrogens (primary N) is 1. The van der Waals surface area contributed by atoms with Crippen LogP contribution in [0.4, 0.5) is 27.7 Å². The maximum Gasteiger partial charge on any atom is 0.293 e. The van der Waals surface area contributed by atoms with E-state index in [9.17, 15) is 9.18 Å². The fourth-order valence-electron chi connectivity index (χ4n) is 2.85. The van der Waals surface area contributed by atoms with Gasteiger partial charge in [0.05, 0.1) is 0 Å². The number of rotatable bonds is 9. The zero-order valence-electron chi connectivity index (χ0n) is 22.4. The minimum absolute atomic E-state index is 0.157. The van der Waals surface area contributed by atoms with E-state index in [1.807, 2.05) is 65.0 Å². The van der Waals surface area contributed by atoms with Crippen LogP contribution in [-0.4, -0.2) is 65.7 Å². The highest BCUT2D eigenvalue weighted by Crippen LogP contribution is 2.31. The molecular formula is C26H36FN7O2S. The number of aromatic nitrogens is 3. The predicted octanol–water partition coefficient (Wildman–Crippen LogP) is 4.83. The van der Waals surface area contributed by atoms with E-state index in [-0.39, 0.29) is 17.4 Å². The van der Waals surface area contributed by atoms with Crippen LogP contribution in [0.5, 0.6) is 0 Å². The van der Waals surface area contributed by atoms with Gasteiger partial charge in [0.2, 0.25) is 5.95 Å². The molecule has 2 heterocycles. The molecule has 0 bridgehead atoms. The summed E-state index contributed by atoms with van der Waals surface area (Å²) in [5.41, 5.74) is 6.17. The quantitative estimate of drug-likeness (QED) is 0.374. The first kappa shape index (κ1) is 29.8. The Hall–Kier alpha value is -3.44. The lowest BCUT2D eigenvalue weighted by Crippen LogP contribution is -2.37. The van der Waals surface area contributed by atoms with Gasteiger partial charge in [0.25, 0.3) is 6.47 Å². The highest BCUT2D eigenvalue weighted by atomic mass is 32.2. The second kappa shape index (κ2) is 13.8. The number of carbonyl (C=O) groups is 1. The molecule has 0 fully saturated rings. The zero-order chi connectivity index (χ0) is 27.6. The summed E-state index contributed by atoms with van der Waals surface area (Å²) in [5, 5.41) is 3.12. The first-order valence-corrected chi connectivity index (χ1v) is 12.5. The first-order chi connectivity index (χ1) is 17.4. The van der Waals surface area contributed by atoms with Gasteiger partial charge < -0.3 is 25.6 Å². The Morgan fingerprint density at radius 1 is 1.14 bits per heavy atom. The van der Waals surface area contributed by atoms with Crippen molar-refractivity contribution in [2.45, 2.75) is 49.1 Å². The van der Waals surface area contributed by atoms with Gasteiger partial charge in [-0.2, -0.15) is 9.97 Å². The molecule has 2 aromatic heterocycles. The lowest BCUT2D eigenvalue weighted by atomic mass is 10.2. The van der Waals surface area contributed by atoms with E-state index >= 15 is 0 Å². The van der Waals surface area contributed by atoms with Crippen molar-refractivity contribution >= 4 is 41.5 Å². The zero-order valence-corrected chi connectivity index (χ0v) is 23.2. The standard InChI is InChI=1S/C21H26FN7S.C5H10O2/c1-14(28(2)3)13-29(4)20-12-19(26-21(23)27-20)25-15-5-6-18(17(22)11-15)30-16-7-9-24-10-8-16;1-5(2,3)7-4-6/h5-12,14H,13H2,1-4H3,(H3,23,25,26,27);4H,1-3H3. The van der Waals surface area contributed by atoms with Crippen molar-refractivity contribution in [3.63, 3.8) is 0 Å². The second-order valence-electron chi connectivity index (χ2n) is 9.54. The largest absolute Gasteiger partial charge is 0.462 e. The van der Waals surface area contributed by atoms with Gasteiger partial charge in [-0.15, -0.1) is 0 Å². The normalized spacial score (nSPS) is 11.8. The van der Waals surface area contributed by atoms with Crippen molar-refractivity contribution in [3.8, 4) is 0 Å². The topological polar surface area (TPSA) is 109 Å². The summed E-state index contributed by atoms with van der Waals surface area (Å²) in [5.74, 6) is 1.05. The number of benzene rings is 1. The average Bonchev–Trinajstić information content (AvgIpc) is 2.80. The molecule has 3 N–H and O–H groups in total. The Bertz CT molecular complexity index is 1140. The van der Waals surface area contributed by atoms with Crippen LogP contribution in [0.1, 0.15) is 27.7 Å². The van der Waals surface area contributed by atoms with Crippen LogP contribution in [0.2, 0.25) is 0 Å². The number of hydrogen-bond acceptors (Lipinski definition) is 10. The smallest absolute Gasteiger partial charge is 0.293 e. The van der Waals surface area contributed by atoms with Gasteiger partial charge in [0, 0.05) is 53.6 Å². The third-order valence-electron chi connectivity index (χ3n) is 5.02. The van der Waals surface area contributed by atoms with Crippen molar-refractivity contribution in [1.82, 2.24) is 19.9 Å². The van der Waals surface area contributed by atoms with E-state index in [4.69, 9.17) is 5.73 Å². The van der Waals surface area contributed by atoms with Crippen molar-refractivity contribution < 1.29 is 13.9 Å². The first-order valence-electron chi connectivity index (χ1n) is 11.7. The Morgan fingerprint density at radius 3 is 2.35 bits per heavy atom. The number of nitrogens with zero attached hydrogens (tertiary/aromatic N) is 5. The molecule has 37 heavy (non-hydrogen) atoms. The van der Waals surface area contributed by atoms with Gasteiger partial charge >= 0.3 is 0 Å². The highest BCUT2D eigenvalue weighted by Gasteiger charge is 2.13. The number of nitrogen functional groups attached to an aromatic ring is 1. The third-order valence-corrected chi connectivity index (χ3v) is 6.08. The monoisotopic (exact) mass is 529 g/mol. The van der Waals surface area contributed by atoms with E-state index < -0.39 is 0 Å². The molecule has 1 aromatic carbocycles. The Balaban J connectivity index is 0.000000604. The van der Waals surface area contributed by atoms with Crippen molar-refractivity contribution in [1.29, 1.82) is 0 Å². The van der Waals surface area contributed by atoms with Gasteiger partial charge in [-0.3, -0.25) is 9.78 Å². The van der Waals surface area contributed by atoms with Crippen molar-refractivity contribution in [2.24, 2.45) is 0 Å². The summed E-state index contributed by atoms with van der Waals surface area (Å²) in [7, 11) is 6.02. The molecule has 0 aliphatic heterocycles. The molecule has 9 nitrogen and oxygen atoms in total. The second-order valence-corrected chi connectivity index (χ2v) is 10.7. The SMILES string of the molecule is CC(C)(C)OC=O.CC(CN(C)c1cc(Nc2ccc(Sc3ccncc3)c(F)c2)nc(N)n1)N(C)C. The summed E-state index contributed by atoms with van der Waals surface area (Å²) in [6, 6.07) is 10.8. The molecule has 0 aliphatic carbocycles. The maximum absolute atomic E-state index is 14.6. The maximum atomic E-state index is 14.6. The Labute approximate surface area is 222 Å². The van der Waals surface area contributed by atoms with Gasteiger partial charge in [0.15, 0.2) is 0 Å². The number of carbonyl (C=O) groups excluding carboxylic acids is 1.